The molecule has 4 rings (SSSR count). The van der Waals surface area contributed by atoms with Crippen LogP contribution in [0.15, 0.2) is 23.3 Å². The third-order valence-electron chi connectivity index (χ3n) is 8.58. The zero-order valence-electron chi connectivity index (χ0n) is 17.1. The van der Waals surface area contributed by atoms with Crippen molar-refractivity contribution in [1.29, 1.82) is 0 Å². The van der Waals surface area contributed by atoms with Crippen LogP contribution < -0.4 is 0 Å². The van der Waals surface area contributed by atoms with E-state index in [4.69, 9.17) is 16.3 Å². The summed E-state index contributed by atoms with van der Waals surface area (Å²) in [6.45, 7) is 7.85. The highest BCUT2D eigenvalue weighted by Crippen LogP contribution is 2.68. The van der Waals surface area contributed by atoms with Crippen molar-refractivity contribution >= 4 is 28.6 Å². The zero-order chi connectivity index (χ0) is 20.5. The molecule has 0 aliphatic heterocycles. The van der Waals surface area contributed by atoms with Gasteiger partial charge in [-0.2, -0.15) is 0 Å². The molecule has 4 nitrogen and oxygen atoms in total. The van der Waals surface area contributed by atoms with Gasteiger partial charge < -0.3 is 4.74 Å². The Morgan fingerprint density at radius 2 is 1.82 bits per heavy atom. The van der Waals surface area contributed by atoms with Gasteiger partial charge in [0.2, 0.25) is 0 Å². The second-order valence-electron chi connectivity index (χ2n) is 9.77. The third kappa shape index (κ3) is 2.46. The van der Waals surface area contributed by atoms with Crippen molar-refractivity contribution in [3.63, 3.8) is 0 Å². The molecule has 6 atom stereocenters. The van der Waals surface area contributed by atoms with E-state index in [0.29, 0.717) is 24.7 Å². The smallest absolute Gasteiger partial charge is 0.303 e. The van der Waals surface area contributed by atoms with E-state index in [0.717, 1.165) is 25.7 Å². The quantitative estimate of drug-likeness (QED) is 0.492. The molecule has 0 spiro atoms. The van der Waals surface area contributed by atoms with Crippen LogP contribution in [0, 0.1) is 28.6 Å². The van der Waals surface area contributed by atoms with Crippen LogP contribution in [0.4, 0.5) is 0 Å². The first kappa shape index (κ1) is 19.9. The molecule has 4 aliphatic rings. The van der Waals surface area contributed by atoms with Gasteiger partial charge in [0.25, 0.3) is 5.24 Å². The third-order valence-corrected chi connectivity index (χ3v) is 8.89. The lowest BCUT2D eigenvalue weighted by molar-refractivity contribution is -0.181. The molecule has 2 unspecified atom stereocenters. The Bertz CT molecular complexity index is 826. The SMILES string of the molecule is CC(=O)O[C@]1(C(=O)Cl)CC[C@H]2C3C=C(C)C4=CC(=O)CCC4(C)[C@H]3CC[C@@]21C. The Hall–Kier alpha value is -1.42. The molecule has 0 N–H and O–H groups in total. The van der Waals surface area contributed by atoms with E-state index in [2.05, 4.69) is 26.8 Å². The van der Waals surface area contributed by atoms with E-state index in [1.54, 1.807) is 0 Å². The number of carbonyl (C=O) groups excluding carboxylic acids is 3. The molecule has 0 radical (unpaired) electrons. The van der Waals surface area contributed by atoms with Crippen molar-refractivity contribution in [3.8, 4) is 0 Å². The summed E-state index contributed by atoms with van der Waals surface area (Å²) in [5.41, 5.74) is 0.695. The Balaban J connectivity index is 1.79. The molecular formula is C23H29ClO4. The maximum atomic E-state index is 12.5. The largest absolute Gasteiger partial charge is 0.449 e. The molecule has 0 aromatic heterocycles. The van der Waals surface area contributed by atoms with Gasteiger partial charge in [0.1, 0.15) is 0 Å². The topological polar surface area (TPSA) is 60.4 Å². The summed E-state index contributed by atoms with van der Waals surface area (Å²) in [6, 6.07) is 0. The van der Waals surface area contributed by atoms with Gasteiger partial charge in [0, 0.05) is 18.8 Å². The number of halogens is 1. The van der Waals surface area contributed by atoms with Crippen molar-refractivity contribution < 1.29 is 19.1 Å². The van der Waals surface area contributed by atoms with Gasteiger partial charge in [-0.1, -0.05) is 25.5 Å². The fourth-order valence-electron chi connectivity index (χ4n) is 7.19. The Morgan fingerprint density at radius 1 is 1.14 bits per heavy atom. The Labute approximate surface area is 171 Å². The molecule has 28 heavy (non-hydrogen) atoms. The summed E-state index contributed by atoms with van der Waals surface area (Å²) >= 11 is 6.07. The summed E-state index contributed by atoms with van der Waals surface area (Å²) in [4.78, 5) is 36.4. The minimum atomic E-state index is -1.22. The van der Waals surface area contributed by atoms with E-state index in [-0.39, 0.29) is 17.1 Å². The number of ketones is 1. The van der Waals surface area contributed by atoms with Crippen molar-refractivity contribution in [2.45, 2.75) is 71.8 Å². The molecule has 2 saturated carbocycles. The number of carbonyl (C=O) groups is 3. The lowest BCUT2D eigenvalue weighted by Gasteiger charge is -2.57. The molecule has 4 aliphatic carbocycles. The number of rotatable bonds is 2. The lowest BCUT2D eigenvalue weighted by Crippen LogP contribution is -2.57. The van der Waals surface area contributed by atoms with Crippen LogP contribution in [0.3, 0.4) is 0 Å². The van der Waals surface area contributed by atoms with E-state index < -0.39 is 22.2 Å². The Kier molecular flexibility index (Phi) is 4.46. The summed E-state index contributed by atoms with van der Waals surface area (Å²) in [7, 11) is 0. The first-order chi connectivity index (χ1) is 13.0. The molecular weight excluding hydrogens is 376 g/mol. The normalized spacial score (nSPS) is 44.6. The fraction of sp³-hybridized carbons (Fsp3) is 0.696. The number of allylic oxidation sites excluding steroid dienone is 4. The maximum absolute atomic E-state index is 12.5. The van der Waals surface area contributed by atoms with Gasteiger partial charge in [-0.15, -0.1) is 0 Å². The first-order valence-corrected chi connectivity index (χ1v) is 10.8. The van der Waals surface area contributed by atoms with Gasteiger partial charge in [-0.3, -0.25) is 14.4 Å². The maximum Gasteiger partial charge on any atom is 0.303 e. The summed E-state index contributed by atoms with van der Waals surface area (Å²) in [5.74, 6) is 0.757. The fourth-order valence-corrected chi connectivity index (χ4v) is 7.54. The second kappa shape index (κ2) is 6.29. The highest BCUT2D eigenvalue weighted by molar-refractivity contribution is 6.65. The highest BCUT2D eigenvalue weighted by atomic mass is 35.5. The van der Waals surface area contributed by atoms with Crippen molar-refractivity contribution in [2.75, 3.05) is 0 Å². The standard InChI is InChI=1S/C23H29ClO4/c1-13-11-16-17(21(3)8-5-15(26)12-19(13)21)6-9-22(4)18(16)7-10-23(22,20(24)27)28-14(2)25/h11-12,16-18H,5-10H2,1-4H3/t16?,17-,18-,21?,22-,23-/m0/s1. The minimum absolute atomic E-state index is 0.00357. The molecule has 5 heteroatoms. The van der Waals surface area contributed by atoms with Gasteiger partial charge in [-0.25, -0.2) is 0 Å². The molecule has 0 aromatic carbocycles. The van der Waals surface area contributed by atoms with Gasteiger partial charge in [-0.05, 0) is 85.4 Å². The zero-order valence-corrected chi connectivity index (χ0v) is 17.9. The van der Waals surface area contributed by atoms with Gasteiger partial charge >= 0.3 is 5.97 Å². The molecule has 0 heterocycles. The van der Waals surface area contributed by atoms with Crippen molar-refractivity contribution in [3.05, 3.63) is 23.3 Å². The second-order valence-corrected chi connectivity index (χ2v) is 10.1. The van der Waals surface area contributed by atoms with Crippen LogP contribution in [0.25, 0.3) is 0 Å². The monoisotopic (exact) mass is 404 g/mol. The van der Waals surface area contributed by atoms with E-state index in [9.17, 15) is 14.4 Å². The van der Waals surface area contributed by atoms with E-state index in [1.807, 2.05) is 6.08 Å². The highest BCUT2D eigenvalue weighted by Gasteiger charge is 2.68. The predicted octanol–water partition coefficient (Wildman–Crippen LogP) is 4.75. The van der Waals surface area contributed by atoms with E-state index in [1.165, 1.54) is 18.1 Å². The van der Waals surface area contributed by atoms with Crippen molar-refractivity contribution in [1.82, 2.24) is 0 Å². The van der Waals surface area contributed by atoms with Gasteiger partial charge in [0.15, 0.2) is 11.4 Å². The summed E-state index contributed by atoms with van der Waals surface area (Å²) < 4.78 is 5.69. The van der Waals surface area contributed by atoms with E-state index >= 15 is 0 Å². The van der Waals surface area contributed by atoms with Crippen LogP contribution in [0.2, 0.25) is 0 Å². The van der Waals surface area contributed by atoms with Crippen LogP contribution in [0.1, 0.15) is 66.2 Å². The molecule has 152 valence electrons. The average Bonchev–Trinajstić information content (AvgIpc) is 2.90. The van der Waals surface area contributed by atoms with Crippen LogP contribution in [0.5, 0.6) is 0 Å². The number of ether oxygens (including phenoxy) is 1. The molecule has 0 amide bonds. The number of esters is 1. The number of fused-ring (bicyclic) bond motifs is 5. The number of hydrogen-bond acceptors (Lipinski definition) is 4. The molecule has 2 fully saturated rings. The first-order valence-electron chi connectivity index (χ1n) is 10.4. The van der Waals surface area contributed by atoms with Crippen molar-refractivity contribution in [2.24, 2.45) is 28.6 Å². The van der Waals surface area contributed by atoms with Gasteiger partial charge in [0.05, 0.1) is 0 Å². The summed E-state index contributed by atoms with van der Waals surface area (Å²) in [5, 5.41) is -0.544. The Morgan fingerprint density at radius 3 is 2.46 bits per heavy atom. The number of hydrogen-bond donors (Lipinski definition) is 0. The molecule has 0 saturated heterocycles. The lowest BCUT2D eigenvalue weighted by atomic mass is 9.47. The van der Waals surface area contributed by atoms with Crippen LogP contribution >= 0.6 is 11.6 Å². The molecule has 0 aromatic rings. The molecule has 0 bridgehead atoms. The van der Waals surface area contributed by atoms with Crippen LogP contribution in [-0.2, 0) is 19.1 Å². The summed E-state index contributed by atoms with van der Waals surface area (Å²) in [6.07, 6.45) is 8.73. The predicted molar refractivity (Wildman–Crippen MR) is 107 cm³/mol. The minimum Gasteiger partial charge on any atom is -0.449 e. The van der Waals surface area contributed by atoms with Crippen LogP contribution in [-0.4, -0.2) is 22.6 Å². The average molecular weight is 405 g/mol.